The van der Waals surface area contributed by atoms with Crippen LogP contribution in [0.15, 0.2) is 0 Å². The zero-order valence-corrected chi connectivity index (χ0v) is 9.32. The van der Waals surface area contributed by atoms with Gasteiger partial charge in [-0.15, -0.1) is 0 Å². The van der Waals surface area contributed by atoms with Crippen molar-refractivity contribution < 1.29 is 14.7 Å². The van der Waals surface area contributed by atoms with E-state index in [-0.39, 0.29) is 11.8 Å². The van der Waals surface area contributed by atoms with Crippen molar-refractivity contribution in [2.75, 3.05) is 0 Å². The van der Waals surface area contributed by atoms with E-state index in [1.807, 2.05) is 0 Å². The Morgan fingerprint density at radius 1 is 1.33 bits per heavy atom. The van der Waals surface area contributed by atoms with Crippen LogP contribution in [0.2, 0.25) is 0 Å². The second kappa shape index (κ2) is 5.14. The van der Waals surface area contributed by atoms with Crippen molar-refractivity contribution in [3.05, 3.63) is 0 Å². The highest BCUT2D eigenvalue weighted by Gasteiger charge is 2.34. The molecular formula is C11H19NO3. The molecule has 4 nitrogen and oxygen atoms in total. The first kappa shape index (κ1) is 12.0. The highest BCUT2D eigenvalue weighted by Crippen LogP contribution is 2.32. The van der Waals surface area contributed by atoms with E-state index in [9.17, 15) is 9.59 Å². The minimum Gasteiger partial charge on any atom is -0.480 e. The Kier molecular flexibility index (Phi) is 4.12. The van der Waals surface area contributed by atoms with Gasteiger partial charge in [0.1, 0.15) is 6.04 Å². The van der Waals surface area contributed by atoms with Crippen LogP contribution in [0, 0.1) is 11.8 Å². The van der Waals surface area contributed by atoms with Crippen molar-refractivity contribution in [1.29, 1.82) is 0 Å². The van der Waals surface area contributed by atoms with Crippen molar-refractivity contribution in [3.63, 3.8) is 0 Å². The smallest absolute Gasteiger partial charge is 0.326 e. The summed E-state index contributed by atoms with van der Waals surface area (Å²) in [5, 5.41) is 11.6. The molecule has 1 amide bonds. The topological polar surface area (TPSA) is 66.4 Å². The number of aliphatic carboxylic acids is 1. The van der Waals surface area contributed by atoms with Crippen molar-refractivity contribution >= 4 is 11.9 Å². The third-order valence-electron chi connectivity index (χ3n) is 3.23. The van der Waals surface area contributed by atoms with Gasteiger partial charge >= 0.3 is 5.97 Å². The number of hydrogen-bond donors (Lipinski definition) is 2. The maximum atomic E-state index is 11.1. The van der Waals surface area contributed by atoms with Crippen molar-refractivity contribution in [2.45, 2.75) is 45.6 Å². The first-order valence-electron chi connectivity index (χ1n) is 5.52. The van der Waals surface area contributed by atoms with Gasteiger partial charge in [-0.3, -0.25) is 4.79 Å². The van der Waals surface area contributed by atoms with Gasteiger partial charge in [0.2, 0.25) is 5.91 Å². The molecule has 1 saturated carbocycles. The van der Waals surface area contributed by atoms with Crippen LogP contribution in [0.25, 0.3) is 0 Å². The summed E-state index contributed by atoms with van der Waals surface area (Å²) in [6.45, 7) is 3.44. The molecule has 0 heterocycles. The number of hydrogen-bond acceptors (Lipinski definition) is 2. The number of rotatable bonds is 3. The fraction of sp³-hybridized carbons (Fsp3) is 0.818. The summed E-state index contributed by atoms with van der Waals surface area (Å²) in [5.74, 6) is -0.712. The Balaban J connectivity index is 2.68. The largest absolute Gasteiger partial charge is 0.480 e. The second-order valence-corrected chi connectivity index (χ2v) is 4.44. The molecule has 0 bridgehead atoms. The summed E-state index contributed by atoms with van der Waals surface area (Å²) in [6, 6.07) is -0.710. The van der Waals surface area contributed by atoms with Gasteiger partial charge in [0.05, 0.1) is 0 Å². The van der Waals surface area contributed by atoms with Crippen LogP contribution in [-0.4, -0.2) is 23.0 Å². The Bertz CT molecular complexity index is 252. The molecule has 0 aromatic heterocycles. The lowest BCUT2D eigenvalue weighted by molar-refractivity contribution is -0.144. The Hall–Kier alpha value is -1.06. The van der Waals surface area contributed by atoms with Crippen molar-refractivity contribution in [1.82, 2.24) is 5.32 Å². The molecule has 1 rings (SSSR count). The molecule has 0 aliphatic heterocycles. The van der Waals surface area contributed by atoms with Gasteiger partial charge in [0, 0.05) is 6.92 Å². The number of nitrogens with one attached hydrogen (secondary N) is 1. The first-order chi connectivity index (χ1) is 7.02. The first-order valence-corrected chi connectivity index (χ1v) is 5.52. The molecule has 2 N–H and O–H groups in total. The Morgan fingerprint density at radius 3 is 2.40 bits per heavy atom. The Morgan fingerprint density at radius 2 is 1.93 bits per heavy atom. The highest BCUT2D eigenvalue weighted by atomic mass is 16.4. The number of amides is 1. The lowest BCUT2D eigenvalue weighted by atomic mass is 9.76. The Labute approximate surface area is 90.0 Å². The monoisotopic (exact) mass is 213 g/mol. The van der Waals surface area contributed by atoms with Crippen molar-refractivity contribution in [3.8, 4) is 0 Å². The molecule has 1 fully saturated rings. The third-order valence-corrected chi connectivity index (χ3v) is 3.23. The van der Waals surface area contributed by atoms with Crippen LogP contribution >= 0.6 is 0 Å². The maximum Gasteiger partial charge on any atom is 0.326 e. The SMILES string of the molecule is CC(=O)NC(C(=O)O)C1CCCCC1C. The fourth-order valence-electron chi connectivity index (χ4n) is 2.41. The van der Waals surface area contributed by atoms with E-state index in [0.717, 1.165) is 19.3 Å². The molecule has 3 atom stereocenters. The minimum absolute atomic E-state index is 0.0835. The van der Waals surface area contributed by atoms with E-state index >= 15 is 0 Å². The van der Waals surface area contributed by atoms with E-state index in [1.54, 1.807) is 0 Å². The molecule has 1 aliphatic rings. The predicted octanol–water partition coefficient (Wildman–Crippen LogP) is 1.40. The second-order valence-electron chi connectivity index (χ2n) is 4.44. The van der Waals surface area contributed by atoms with Gasteiger partial charge in [-0.2, -0.15) is 0 Å². The summed E-state index contributed by atoms with van der Waals surface area (Å²) < 4.78 is 0. The number of carboxylic acid groups (broad SMARTS) is 1. The summed E-state index contributed by atoms with van der Waals surface area (Å²) in [7, 11) is 0. The summed E-state index contributed by atoms with van der Waals surface area (Å²) in [6.07, 6.45) is 4.20. The predicted molar refractivity (Wildman–Crippen MR) is 56.4 cm³/mol. The van der Waals surface area contributed by atoms with Crippen LogP contribution in [0.4, 0.5) is 0 Å². The zero-order chi connectivity index (χ0) is 11.4. The van der Waals surface area contributed by atoms with Gasteiger partial charge in [-0.1, -0.05) is 26.2 Å². The van der Waals surface area contributed by atoms with Crippen LogP contribution in [0.3, 0.4) is 0 Å². The van der Waals surface area contributed by atoms with Crippen LogP contribution < -0.4 is 5.32 Å². The molecule has 0 aromatic carbocycles. The quantitative estimate of drug-likeness (QED) is 0.744. The molecule has 0 saturated heterocycles. The van der Waals surface area contributed by atoms with Crippen LogP contribution in [-0.2, 0) is 9.59 Å². The van der Waals surface area contributed by atoms with Gasteiger partial charge in [0.25, 0.3) is 0 Å². The average molecular weight is 213 g/mol. The lowest BCUT2D eigenvalue weighted by Crippen LogP contribution is -2.47. The molecular weight excluding hydrogens is 194 g/mol. The lowest BCUT2D eigenvalue weighted by Gasteiger charge is -2.33. The molecule has 1 aliphatic carbocycles. The maximum absolute atomic E-state index is 11.1. The van der Waals surface area contributed by atoms with Gasteiger partial charge in [-0.25, -0.2) is 4.79 Å². The minimum atomic E-state index is -0.913. The summed E-state index contributed by atoms with van der Waals surface area (Å²) >= 11 is 0. The van der Waals surface area contributed by atoms with Gasteiger partial charge in [-0.05, 0) is 18.3 Å². The molecule has 3 unspecified atom stereocenters. The van der Waals surface area contributed by atoms with E-state index in [4.69, 9.17) is 5.11 Å². The summed E-state index contributed by atoms with van der Waals surface area (Å²) in [5.41, 5.74) is 0. The molecule has 4 heteroatoms. The van der Waals surface area contributed by atoms with E-state index in [1.165, 1.54) is 13.3 Å². The third kappa shape index (κ3) is 3.22. The molecule has 86 valence electrons. The van der Waals surface area contributed by atoms with Crippen molar-refractivity contribution in [2.24, 2.45) is 11.8 Å². The molecule has 0 spiro atoms. The summed E-state index contributed by atoms with van der Waals surface area (Å²) in [4.78, 5) is 22.0. The van der Waals surface area contributed by atoms with Gasteiger partial charge in [0.15, 0.2) is 0 Å². The fourth-order valence-corrected chi connectivity index (χ4v) is 2.41. The molecule has 0 radical (unpaired) electrons. The van der Waals surface area contributed by atoms with E-state index < -0.39 is 12.0 Å². The normalized spacial score (nSPS) is 28.1. The zero-order valence-electron chi connectivity index (χ0n) is 9.32. The van der Waals surface area contributed by atoms with E-state index in [2.05, 4.69) is 12.2 Å². The van der Waals surface area contributed by atoms with Crippen LogP contribution in [0.1, 0.15) is 39.5 Å². The average Bonchev–Trinajstić information content (AvgIpc) is 2.15. The van der Waals surface area contributed by atoms with E-state index in [0.29, 0.717) is 5.92 Å². The van der Waals surface area contributed by atoms with Gasteiger partial charge < -0.3 is 10.4 Å². The highest BCUT2D eigenvalue weighted by molar-refractivity contribution is 5.82. The standard InChI is InChI=1S/C11H19NO3/c1-7-5-3-4-6-9(7)10(11(14)15)12-8(2)13/h7,9-10H,3-6H2,1-2H3,(H,12,13)(H,14,15). The number of carboxylic acids is 1. The number of carbonyl (C=O) groups is 2. The number of carbonyl (C=O) groups excluding carboxylic acids is 1. The van der Waals surface area contributed by atoms with Crippen LogP contribution in [0.5, 0.6) is 0 Å². The molecule has 0 aromatic rings. The molecule has 15 heavy (non-hydrogen) atoms.